The number of hydrogen-bond acceptors (Lipinski definition) is 1. The van der Waals surface area contributed by atoms with E-state index in [0.717, 1.165) is 0 Å². The van der Waals surface area contributed by atoms with Crippen molar-refractivity contribution in [3.05, 3.63) is 71.8 Å². The van der Waals surface area contributed by atoms with Crippen molar-refractivity contribution in [3.8, 4) is 0 Å². The standard InChI is InChI=1S/C20H19N/c1-20(2)16-10-6-7-11-18(16)21(3)19-15-9-5-4-8-14(15)12-13-17(19)20/h4-13H,1-3H3. The van der Waals surface area contributed by atoms with E-state index in [2.05, 4.69) is 86.5 Å². The van der Waals surface area contributed by atoms with Crippen molar-refractivity contribution in [3.63, 3.8) is 0 Å². The molecule has 4 rings (SSSR count). The number of para-hydroxylation sites is 1. The molecule has 0 aliphatic carbocycles. The molecule has 0 fully saturated rings. The van der Waals surface area contributed by atoms with Gasteiger partial charge < -0.3 is 4.90 Å². The Labute approximate surface area is 125 Å². The van der Waals surface area contributed by atoms with E-state index in [-0.39, 0.29) is 5.41 Å². The van der Waals surface area contributed by atoms with Crippen LogP contribution in [0.1, 0.15) is 25.0 Å². The third-order valence-corrected chi connectivity index (χ3v) is 4.85. The van der Waals surface area contributed by atoms with Crippen molar-refractivity contribution in [2.24, 2.45) is 0 Å². The van der Waals surface area contributed by atoms with Gasteiger partial charge in [-0.05, 0) is 22.6 Å². The summed E-state index contributed by atoms with van der Waals surface area (Å²) in [5.74, 6) is 0. The highest BCUT2D eigenvalue weighted by atomic mass is 15.1. The highest BCUT2D eigenvalue weighted by molar-refractivity contribution is 6.00. The molecule has 104 valence electrons. The van der Waals surface area contributed by atoms with Crippen LogP contribution in [0.4, 0.5) is 11.4 Å². The van der Waals surface area contributed by atoms with Crippen molar-refractivity contribution >= 4 is 22.1 Å². The van der Waals surface area contributed by atoms with Crippen LogP contribution in [-0.4, -0.2) is 7.05 Å². The predicted molar refractivity (Wildman–Crippen MR) is 90.6 cm³/mol. The van der Waals surface area contributed by atoms with E-state index in [1.807, 2.05) is 0 Å². The predicted octanol–water partition coefficient (Wildman–Crippen LogP) is 5.25. The number of anilines is 2. The maximum Gasteiger partial charge on any atom is 0.0529 e. The summed E-state index contributed by atoms with van der Waals surface area (Å²) in [5.41, 5.74) is 5.49. The van der Waals surface area contributed by atoms with Crippen molar-refractivity contribution < 1.29 is 0 Å². The molecule has 21 heavy (non-hydrogen) atoms. The first-order chi connectivity index (χ1) is 10.1. The third-order valence-electron chi connectivity index (χ3n) is 4.85. The third kappa shape index (κ3) is 1.58. The van der Waals surface area contributed by atoms with Crippen LogP contribution in [0.25, 0.3) is 10.8 Å². The molecule has 1 heterocycles. The molecule has 3 aromatic carbocycles. The van der Waals surface area contributed by atoms with Gasteiger partial charge in [-0.2, -0.15) is 0 Å². The Balaban J connectivity index is 2.13. The molecule has 0 amide bonds. The van der Waals surface area contributed by atoms with Gasteiger partial charge in [0, 0.05) is 23.5 Å². The smallest absolute Gasteiger partial charge is 0.0529 e. The number of fused-ring (bicyclic) bond motifs is 4. The van der Waals surface area contributed by atoms with Crippen LogP contribution < -0.4 is 4.90 Å². The molecular weight excluding hydrogens is 254 g/mol. The van der Waals surface area contributed by atoms with Gasteiger partial charge in [0.1, 0.15) is 0 Å². The minimum Gasteiger partial charge on any atom is -0.344 e. The molecule has 3 aromatic rings. The van der Waals surface area contributed by atoms with E-state index >= 15 is 0 Å². The molecule has 1 nitrogen and oxygen atoms in total. The number of rotatable bonds is 0. The van der Waals surface area contributed by atoms with Gasteiger partial charge in [0.15, 0.2) is 0 Å². The highest BCUT2D eigenvalue weighted by Gasteiger charge is 2.35. The van der Waals surface area contributed by atoms with Gasteiger partial charge in [0.25, 0.3) is 0 Å². The van der Waals surface area contributed by atoms with Crippen molar-refractivity contribution in [1.29, 1.82) is 0 Å². The lowest BCUT2D eigenvalue weighted by molar-refractivity contribution is 0.631. The van der Waals surface area contributed by atoms with Crippen LogP contribution in [0, 0.1) is 0 Å². The lowest BCUT2D eigenvalue weighted by Gasteiger charge is -2.41. The summed E-state index contributed by atoms with van der Waals surface area (Å²) in [4.78, 5) is 2.35. The minimum absolute atomic E-state index is 0.0302. The Morgan fingerprint density at radius 2 is 1.48 bits per heavy atom. The zero-order valence-corrected chi connectivity index (χ0v) is 12.7. The summed E-state index contributed by atoms with van der Waals surface area (Å²) in [7, 11) is 2.18. The van der Waals surface area contributed by atoms with E-state index in [4.69, 9.17) is 0 Å². The second kappa shape index (κ2) is 4.11. The summed E-state index contributed by atoms with van der Waals surface area (Å²) >= 11 is 0. The van der Waals surface area contributed by atoms with E-state index in [1.54, 1.807) is 0 Å². The van der Waals surface area contributed by atoms with E-state index in [9.17, 15) is 0 Å². The first-order valence-corrected chi connectivity index (χ1v) is 7.46. The normalized spacial score (nSPS) is 15.7. The maximum absolute atomic E-state index is 2.35. The number of nitrogens with zero attached hydrogens (tertiary/aromatic N) is 1. The molecule has 0 N–H and O–H groups in total. The first kappa shape index (κ1) is 12.5. The van der Waals surface area contributed by atoms with Gasteiger partial charge in [0.2, 0.25) is 0 Å². The molecule has 1 aliphatic rings. The van der Waals surface area contributed by atoms with Crippen LogP contribution in [0.3, 0.4) is 0 Å². The number of benzene rings is 3. The van der Waals surface area contributed by atoms with Gasteiger partial charge in [-0.25, -0.2) is 0 Å². The molecule has 0 aromatic heterocycles. The largest absolute Gasteiger partial charge is 0.344 e. The van der Waals surface area contributed by atoms with Gasteiger partial charge in [-0.15, -0.1) is 0 Å². The zero-order valence-electron chi connectivity index (χ0n) is 12.7. The van der Waals surface area contributed by atoms with Gasteiger partial charge in [-0.3, -0.25) is 0 Å². The monoisotopic (exact) mass is 273 g/mol. The van der Waals surface area contributed by atoms with Gasteiger partial charge >= 0.3 is 0 Å². The van der Waals surface area contributed by atoms with Crippen LogP contribution in [0.5, 0.6) is 0 Å². The molecule has 0 bridgehead atoms. The Kier molecular flexibility index (Phi) is 2.44. The van der Waals surface area contributed by atoms with E-state index in [1.165, 1.54) is 33.3 Å². The van der Waals surface area contributed by atoms with E-state index in [0.29, 0.717) is 0 Å². The summed E-state index contributed by atoms with van der Waals surface area (Å²) < 4.78 is 0. The highest BCUT2D eigenvalue weighted by Crippen LogP contribution is 2.50. The lowest BCUT2D eigenvalue weighted by atomic mass is 9.73. The van der Waals surface area contributed by atoms with Crippen molar-refractivity contribution in [1.82, 2.24) is 0 Å². The Morgan fingerprint density at radius 3 is 2.33 bits per heavy atom. The molecule has 1 heteroatoms. The molecule has 0 atom stereocenters. The summed E-state index contributed by atoms with van der Waals surface area (Å²) in [6.07, 6.45) is 0. The van der Waals surface area contributed by atoms with Crippen molar-refractivity contribution in [2.75, 3.05) is 11.9 Å². The zero-order chi connectivity index (χ0) is 14.6. The Hall–Kier alpha value is -2.28. The maximum atomic E-state index is 2.35. The minimum atomic E-state index is 0.0302. The molecular formula is C20H19N. The molecule has 0 radical (unpaired) electrons. The topological polar surface area (TPSA) is 3.24 Å². The molecule has 0 saturated heterocycles. The lowest BCUT2D eigenvalue weighted by Crippen LogP contribution is -2.30. The van der Waals surface area contributed by atoms with Gasteiger partial charge in [0.05, 0.1) is 5.69 Å². The second-order valence-electron chi connectivity index (χ2n) is 6.38. The Bertz CT molecular complexity index is 845. The first-order valence-electron chi connectivity index (χ1n) is 7.46. The van der Waals surface area contributed by atoms with Crippen LogP contribution in [0.15, 0.2) is 60.7 Å². The van der Waals surface area contributed by atoms with Crippen molar-refractivity contribution in [2.45, 2.75) is 19.3 Å². The fourth-order valence-corrected chi connectivity index (χ4v) is 3.68. The molecule has 0 unspecified atom stereocenters. The average Bonchev–Trinajstić information content (AvgIpc) is 2.52. The molecule has 0 saturated carbocycles. The quantitative estimate of drug-likeness (QED) is 0.541. The summed E-state index contributed by atoms with van der Waals surface area (Å²) in [6.45, 7) is 4.65. The van der Waals surface area contributed by atoms with E-state index < -0.39 is 0 Å². The van der Waals surface area contributed by atoms with Crippen LogP contribution >= 0.6 is 0 Å². The number of hydrogen-bond donors (Lipinski definition) is 0. The molecule has 1 aliphatic heterocycles. The Morgan fingerprint density at radius 1 is 0.762 bits per heavy atom. The fourth-order valence-electron chi connectivity index (χ4n) is 3.68. The summed E-state index contributed by atoms with van der Waals surface area (Å²) in [5, 5.41) is 2.64. The second-order valence-corrected chi connectivity index (χ2v) is 6.38. The molecule has 0 spiro atoms. The fraction of sp³-hybridized carbons (Fsp3) is 0.200. The van der Waals surface area contributed by atoms with Crippen LogP contribution in [0.2, 0.25) is 0 Å². The SMILES string of the molecule is CN1c2ccccc2C(C)(C)c2ccc3ccccc3c21. The van der Waals surface area contributed by atoms with Crippen LogP contribution in [-0.2, 0) is 5.41 Å². The van der Waals surface area contributed by atoms with Gasteiger partial charge in [-0.1, -0.05) is 68.4 Å². The summed E-state index contributed by atoms with van der Waals surface area (Å²) in [6, 6.07) is 21.9. The average molecular weight is 273 g/mol.